The van der Waals surface area contributed by atoms with Gasteiger partial charge < -0.3 is 88.9 Å². The number of ether oxygens (including phenoxy) is 5. The third kappa shape index (κ3) is 11.5. The van der Waals surface area contributed by atoms with Gasteiger partial charge in [-0.25, -0.2) is 28.8 Å². The molecule has 77 heavy (non-hydrogen) atoms. The molecule has 0 aromatic carbocycles. The first-order valence-electron chi connectivity index (χ1n) is 21.9. The summed E-state index contributed by atoms with van der Waals surface area (Å²) >= 11 is -0.331. The number of aryl methyl sites for hydroxylation is 1. The van der Waals surface area contributed by atoms with Crippen molar-refractivity contribution in [1.29, 1.82) is 0 Å². The Morgan fingerprint density at radius 1 is 0.753 bits per heavy atom. The van der Waals surface area contributed by atoms with Gasteiger partial charge in [-0.1, -0.05) is 16.4 Å². The predicted octanol–water partition coefficient (Wildman–Crippen LogP) is -5.41. The Morgan fingerprint density at radius 2 is 1.39 bits per heavy atom. The van der Waals surface area contributed by atoms with Gasteiger partial charge in [-0.05, 0) is 0 Å². The van der Waals surface area contributed by atoms with Crippen LogP contribution in [0.4, 0.5) is 17.7 Å². The van der Waals surface area contributed by atoms with Crippen molar-refractivity contribution in [2.24, 2.45) is 7.05 Å². The molecule has 9 heterocycles. The van der Waals surface area contributed by atoms with Gasteiger partial charge in [-0.2, -0.15) is 4.98 Å². The quantitative estimate of drug-likeness (QED) is 0.0246. The summed E-state index contributed by atoms with van der Waals surface area (Å²) in [5.41, 5.74) is 9.84. The fraction of sp³-hybridized carbons (Fsp3) is 0.559. The van der Waals surface area contributed by atoms with E-state index in [0.717, 1.165) is 31.4 Å². The lowest BCUT2D eigenvalue weighted by atomic mass is 10.1. The fourth-order valence-corrected chi connectivity index (χ4v) is 15.4. The fourth-order valence-electron chi connectivity index (χ4n) is 8.70. The first kappa shape index (κ1) is 56.9. The molecule has 422 valence electrons. The van der Waals surface area contributed by atoms with Crippen LogP contribution in [0.2, 0.25) is 0 Å². The monoisotopic (exact) mass is 1190 g/mol. The number of fused-ring (bicyclic) bond motifs is 3. The number of phosphoric acid groups is 3. The van der Waals surface area contributed by atoms with Crippen LogP contribution >= 0.6 is 41.6 Å². The normalized spacial score (nSPS) is 30.0. The smallest absolute Gasteiger partial charge is 0.313 e. The number of imidazole rings is 3. The van der Waals surface area contributed by atoms with Gasteiger partial charge in [-0.3, -0.25) is 55.8 Å². The second kappa shape index (κ2) is 21.7. The van der Waals surface area contributed by atoms with Crippen LogP contribution in [0, 0.1) is 0 Å². The van der Waals surface area contributed by atoms with E-state index in [0.29, 0.717) is 0 Å². The number of anilines is 3. The second-order valence-corrected chi connectivity index (χ2v) is 25.1. The zero-order valence-electron chi connectivity index (χ0n) is 39.7. The molecule has 6 aromatic rings. The number of hydrogen-bond acceptors (Lipinski definition) is 33. The minimum Gasteiger partial charge on any atom is -0.770 e. The maximum absolute atomic E-state index is 13.6. The molecule has 3 saturated heterocycles. The van der Waals surface area contributed by atoms with Crippen molar-refractivity contribution in [3.8, 4) is 0 Å². The number of aliphatic hydroxyl groups excluding tert-OH is 3. The maximum atomic E-state index is 13.6. The summed E-state index contributed by atoms with van der Waals surface area (Å²) in [6.45, 7) is -8.01. The molecule has 9 rings (SSSR count). The average molecular weight is 1190 g/mol. The summed E-state index contributed by atoms with van der Waals surface area (Å²) in [5, 5.41) is 35.6. The SMILES string of the molecule is CNc1ncnc2c1ncn2[C@@H]1O[C@H](CSP(=O)([O-])OP(=O)([O-])OP(=O)([O-])OC[C@H]2O[C@@H]([n+]3cn(C)c4c(=O)[nH]c(N)nc43)C(O)[C@H]2OC)C(OP(=O)([O-])OC[C@H]2O[C@@H](n3cnc4c(=O)[nH]c(N)nc43)[C@@H](O)C2O)[C@@H]1OC. The van der Waals surface area contributed by atoms with Crippen LogP contribution in [0.15, 0.2) is 34.9 Å². The van der Waals surface area contributed by atoms with E-state index in [4.69, 9.17) is 48.7 Å². The predicted molar refractivity (Wildman–Crippen MR) is 247 cm³/mol. The molecule has 0 amide bonds. The van der Waals surface area contributed by atoms with E-state index in [1.807, 2.05) is 0 Å². The summed E-state index contributed by atoms with van der Waals surface area (Å²) in [7, 11) is -13.0. The van der Waals surface area contributed by atoms with Crippen molar-refractivity contribution in [2.75, 3.05) is 57.0 Å². The lowest BCUT2D eigenvalue weighted by Crippen LogP contribution is -2.46. The van der Waals surface area contributed by atoms with Crippen molar-refractivity contribution in [3.05, 3.63) is 46.0 Å². The van der Waals surface area contributed by atoms with Crippen LogP contribution in [0.1, 0.15) is 18.7 Å². The molecule has 0 bridgehead atoms. The van der Waals surface area contributed by atoms with E-state index in [1.165, 1.54) is 40.5 Å². The number of H-pyrrole nitrogens is 2. The van der Waals surface area contributed by atoms with E-state index >= 15 is 0 Å². The number of rotatable bonds is 21. The summed E-state index contributed by atoms with van der Waals surface area (Å²) in [4.78, 5) is 107. The average Bonchev–Trinajstić information content (AvgIpc) is 4.21. The van der Waals surface area contributed by atoms with Gasteiger partial charge in [0.05, 0.1) is 39.0 Å². The van der Waals surface area contributed by atoms with Crippen LogP contribution in [0.3, 0.4) is 0 Å². The highest BCUT2D eigenvalue weighted by atomic mass is 32.7. The molecule has 16 atom stereocenters. The van der Waals surface area contributed by atoms with Crippen LogP contribution in [0.25, 0.3) is 33.5 Å². The van der Waals surface area contributed by atoms with Crippen LogP contribution < -0.4 is 52.0 Å². The summed E-state index contributed by atoms with van der Waals surface area (Å²) in [6.07, 6.45) is -14.5. The molecule has 6 aromatic heterocycles. The summed E-state index contributed by atoms with van der Waals surface area (Å²) in [5.74, 6) is -1.32. The number of phosphoric ester groups is 2. The number of methoxy groups -OCH3 is 2. The van der Waals surface area contributed by atoms with Gasteiger partial charge in [0.1, 0.15) is 60.7 Å². The molecule has 7 unspecified atom stereocenters. The third-order valence-electron chi connectivity index (χ3n) is 12.0. The Morgan fingerprint density at radius 3 is 2.09 bits per heavy atom. The summed E-state index contributed by atoms with van der Waals surface area (Å²) < 4.78 is 109. The molecule has 0 aliphatic carbocycles. The van der Waals surface area contributed by atoms with Crippen LogP contribution in [-0.2, 0) is 71.2 Å². The highest BCUT2D eigenvalue weighted by Crippen LogP contribution is 2.67. The van der Waals surface area contributed by atoms with Gasteiger partial charge in [0.2, 0.25) is 17.7 Å². The first-order chi connectivity index (χ1) is 36.2. The zero-order chi connectivity index (χ0) is 55.7. The first-order valence-corrected chi connectivity index (χ1v) is 29.4. The number of nitrogens with one attached hydrogen (secondary N) is 3. The molecule has 38 nitrogen and oxygen atoms in total. The number of aliphatic hydroxyl groups is 3. The van der Waals surface area contributed by atoms with Gasteiger partial charge in [-0.15, -0.1) is 0 Å². The molecule has 0 spiro atoms. The molecule has 43 heteroatoms. The van der Waals surface area contributed by atoms with Crippen molar-refractivity contribution in [2.45, 2.75) is 73.6 Å². The number of aromatic nitrogens is 12. The Balaban J connectivity index is 0.872. The van der Waals surface area contributed by atoms with E-state index in [2.05, 4.69) is 53.8 Å². The topological polar surface area (TPSA) is 539 Å². The minimum absolute atomic E-state index is 0.00788. The Hall–Kier alpha value is -4.76. The number of nitrogens with two attached hydrogens (primary N) is 2. The van der Waals surface area contributed by atoms with E-state index in [9.17, 15) is 62.7 Å². The highest BCUT2D eigenvalue weighted by Gasteiger charge is 2.52. The van der Waals surface area contributed by atoms with E-state index in [-0.39, 0.29) is 62.6 Å². The van der Waals surface area contributed by atoms with Gasteiger partial charge in [0, 0.05) is 27.0 Å². The van der Waals surface area contributed by atoms with Crippen molar-refractivity contribution >= 4 is 92.9 Å². The number of nitrogen functional groups attached to an aromatic ring is 2. The van der Waals surface area contributed by atoms with E-state index < -0.39 is 134 Å². The molecular weight excluding hydrogens is 1140 g/mol. The Kier molecular flexibility index (Phi) is 16.1. The van der Waals surface area contributed by atoms with Gasteiger partial charge in [0.25, 0.3) is 40.5 Å². The maximum Gasteiger partial charge on any atom is 0.313 e. The number of hydrogen-bond donors (Lipinski definition) is 8. The highest BCUT2D eigenvalue weighted by molar-refractivity contribution is 8.54. The molecule has 0 radical (unpaired) electrons. The van der Waals surface area contributed by atoms with Crippen LogP contribution in [-0.4, -0.2) is 164 Å². The summed E-state index contributed by atoms with van der Waals surface area (Å²) in [6, 6.07) is 0. The molecule has 3 aliphatic rings. The Bertz CT molecular complexity index is 3510. The molecule has 0 saturated carbocycles. The molecule has 3 fully saturated rings. The van der Waals surface area contributed by atoms with Gasteiger partial charge >= 0.3 is 5.65 Å². The number of aromatic amines is 2. The van der Waals surface area contributed by atoms with Crippen LogP contribution in [0.5, 0.6) is 0 Å². The molecular formula is C34H44N15O23P4S-3. The lowest BCUT2D eigenvalue weighted by Gasteiger charge is -2.35. The van der Waals surface area contributed by atoms with Crippen molar-refractivity contribution < 1.29 is 104 Å². The minimum atomic E-state index is -6.46. The Labute approximate surface area is 432 Å². The number of nitrogens with zero attached hydrogens (tertiary/aromatic N) is 10. The largest absolute Gasteiger partial charge is 0.770 e. The molecule has 10 N–H and O–H groups in total. The second-order valence-electron chi connectivity index (χ2n) is 16.8. The third-order valence-corrected chi connectivity index (χ3v) is 19.4. The standard InChI is InChI=1S/C34H47N15O23P4S/c1-37-24-15-25(39-8-38-24)47(9-40-15)32-23(64-4)22(70-73(55,56)65-5-12-18(50)19(51)30(67-12)48-10-41-16-26(48)42-33(35)44-28(16)53)14(69-32)7-77-76(61,62)72-75(59,60)71-74(57,58)66-6-13-21(63-3)20(52)31(68-13)49-11-46(2)17-27(49)43-34(36)45-29(17)54/h8-14,18-23,30-32,50-52H,5-7H2,1-4H3,(H10-,35,36,37,38,39,42,43,44,45,53,54,55,56,57,58,59,60,61,62)/p-3/t12-,13-,14-,18?,19+,20?,21+,22?,23+,30-,31-,32-/m1/s1. The lowest BCUT2D eigenvalue weighted by molar-refractivity contribution is -0.745. The van der Waals surface area contributed by atoms with Crippen molar-refractivity contribution in [1.82, 2.24) is 53.6 Å². The van der Waals surface area contributed by atoms with E-state index in [1.54, 1.807) is 0 Å². The van der Waals surface area contributed by atoms with Crippen molar-refractivity contribution in [3.63, 3.8) is 0 Å². The van der Waals surface area contributed by atoms with Gasteiger partial charge in [0.15, 0.2) is 48.2 Å². The molecule has 3 aliphatic heterocycles. The zero-order valence-corrected chi connectivity index (χ0v) is 44.1.